The van der Waals surface area contributed by atoms with Gasteiger partial charge in [-0.25, -0.2) is 0 Å². The third kappa shape index (κ3) is 7.11. The number of rotatable bonds is 6. The van der Waals surface area contributed by atoms with E-state index in [0.29, 0.717) is 0 Å². The monoisotopic (exact) mass is 150 g/mol. The van der Waals surface area contributed by atoms with Gasteiger partial charge in [-0.1, -0.05) is 56.7 Å². The zero-order chi connectivity index (χ0) is 8.53. The molecule has 0 aliphatic rings. The van der Waals surface area contributed by atoms with Crippen molar-refractivity contribution in [2.75, 3.05) is 0 Å². The molecule has 0 aromatic heterocycles. The molecule has 0 radical (unpaired) electrons. The molecule has 0 amide bonds. The van der Waals surface area contributed by atoms with Crippen LogP contribution in [-0.2, 0) is 0 Å². The molecule has 0 atom stereocenters. The lowest BCUT2D eigenvalue weighted by Crippen LogP contribution is -1.77. The Morgan fingerprint density at radius 2 is 2.09 bits per heavy atom. The maximum atomic E-state index is 3.93. The normalized spacial score (nSPS) is 10.3. The quantitative estimate of drug-likeness (QED) is 0.398. The van der Waals surface area contributed by atoms with Gasteiger partial charge in [0, 0.05) is 0 Å². The van der Waals surface area contributed by atoms with Crippen LogP contribution in [0.3, 0.4) is 0 Å². The third-order valence-electron chi connectivity index (χ3n) is 1.57. The van der Waals surface area contributed by atoms with E-state index < -0.39 is 0 Å². The molecule has 0 heteroatoms. The van der Waals surface area contributed by atoms with E-state index in [1.807, 2.05) is 12.2 Å². The molecule has 0 spiro atoms. The van der Waals surface area contributed by atoms with Gasteiger partial charge in [-0.3, -0.25) is 0 Å². The van der Waals surface area contributed by atoms with E-state index in [4.69, 9.17) is 0 Å². The summed E-state index contributed by atoms with van der Waals surface area (Å²) in [4.78, 5) is 0. The molecule has 0 aliphatic heterocycles. The molecular formula is C11H18. The zero-order valence-corrected chi connectivity index (χ0v) is 7.47. The van der Waals surface area contributed by atoms with Crippen LogP contribution >= 0.6 is 0 Å². The van der Waals surface area contributed by atoms with E-state index in [9.17, 15) is 0 Å². The fourth-order valence-electron chi connectivity index (χ4n) is 0.890. The SMILES string of the molecule is C=C/C=C\C(=C)CCCCC. The molecule has 0 saturated heterocycles. The highest BCUT2D eigenvalue weighted by atomic mass is 13.9. The van der Waals surface area contributed by atoms with Gasteiger partial charge in [0.15, 0.2) is 0 Å². The van der Waals surface area contributed by atoms with Crippen LogP contribution in [0.4, 0.5) is 0 Å². The molecule has 0 aromatic carbocycles. The zero-order valence-electron chi connectivity index (χ0n) is 7.47. The summed E-state index contributed by atoms with van der Waals surface area (Å²) in [7, 11) is 0. The van der Waals surface area contributed by atoms with Crippen molar-refractivity contribution in [2.24, 2.45) is 0 Å². The molecule has 0 heterocycles. The van der Waals surface area contributed by atoms with E-state index in [0.717, 1.165) is 6.42 Å². The van der Waals surface area contributed by atoms with Crippen LogP contribution in [0.1, 0.15) is 32.6 Å². The minimum Gasteiger partial charge on any atom is -0.0991 e. The van der Waals surface area contributed by atoms with Gasteiger partial charge < -0.3 is 0 Å². The second kappa shape index (κ2) is 7.33. The fourth-order valence-corrected chi connectivity index (χ4v) is 0.890. The van der Waals surface area contributed by atoms with Crippen molar-refractivity contribution in [1.29, 1.82) is 0 Å². The molecule has 0 bridgehead atoms. The van der Waals surface area contributed by atoms with Gasteiger partial charge in [-0.05, 0) is 12.8 Å². The lowest BCUT2D eigenvalue weighted by atomic mass is 10.1. The second-order valence-corrected chi connectivity index (χ2v) is 2.71. The highest BCUT2D eigenvalue weighted by molar-refractivity contribution is 5.17. The molecule has 0 fully saturated rings. The predicted octanol–water partition coefficient (Wildman–Crippen LogP) is 3.87. The summed E-state index contributed by atoms with van der Waals surface area (Å²) in [6.45, 7) is 9.74. The molecular weight excluding hydrogens is 132 g/mol. The molecule has 11 heavy (non-hydrogen) atoms. The third-order valence-corrected chi connectivity index (χ3v) is 1.57. The average Bonchev–Trinajstić information content (AvgIpc) is 2.01. The van der Waals surface area contributed by atoms with Gasteiger partial charge in [0.05, 0.1) is 0 Å². The van der Waals surface area contributed by atoms with Crippen molar-refractivity contribution in [2.45, 2.75) is 32.6 Å². The first kappa shape index (κ1) is 10.2. The van der Waals surface area contributed by atoms with Gasteiger partial charge >= 0.3 is 0 Å². The van der Waals surface area contributed by atoms with Crippen molar-refractivity contribution in [1.82, 2.24) is 0 Å². The highest BCUT2D eigenvalue weighted by Crippen LogP contribution is 2.07. The smallest absolute Gasteiger partial charge is 0.0285 e. The number of allylic oxidation sites excluding steroid dienone is 4. The summed E-state index contributed by atoms with van der Waals surface area (Å²) in [5.74, 6) is 0. The number of unbranched alkanes of at least 4 members (excludes halogenated alkanes) is 2. The maximum Gasteiger partial charge on any atom is -0.0285 e. The van der Waals surface area contributed by atoms with Gasteiger partial charge in [0.2, 0.25) is 0 Å². The van der Waals surface area contributed by atoms with Gasteiger partial charge in [0.25, 0.3) is 0 Å². The van der Waals surface area contributed by atoms with Crippen LogP contribution < -0.4 is 0 Å². The summed E-state index contributed by atoms with van der Waals surface area (Å²) in [6, 6.07) is 0. The minimum atomic E-state index is 1.12. The van der Waals surface area contributed by atoms with Crippen LogP contribution in [0.15, 0.2) is 37.0 Å². The second-order valence-electron chi connectivity index (χ2n) is 2.71. The Morgan fingerprint density at radius 1 is 1.36 bits per heavy atom. The first-order valence-corrected chi connectivity index (χ1v) is 4.28. The summed E-state index contributed by atoms with van der Waals surface area (Å²) in [5, 5.41) is 0. The Morgan fingerprint density at radius 3 is 2.64 bits per heavy atom. The molecule has 0 aliphatic carbocycles. The maximum absolute atomic E-state index is 3.93. The molecule has 0 N–H and O–H groups in total. The Hall–Kier alpha value is -0.780. The van der Waals surface area contributed by atoms with Crippen molar-refractivity contribution in [3.63, 3.8) is 0 Å². The van der Waals surface area contributed by atoms with E-state index in [2.05, 4.69) is 20.1 Å². The largest absolute Gasteiger partial charge is 0.0991 e. The summed E-state index contributed by atoms with van der Waals surface area (Å²) >= 11 is 0. The van der Waals surface area contributed by atoms with Crippen LogP contribution in [0, 0.1) is 0 Å². The van der Waals surface area contributed by atoms with E-state index in [1.54, 1.807) is 6.08 Å². The van der Waals surface area contributed by atoms with Crippen LogP contribution in [0.25, 0.3) is 0 Å². The van der Waals surface area contributed by atoms with Crippen molar-refractivity contribution in [3.8, 4) is 0 Å². The van der Waals surface area contributed by atoms with Gasteiger partial charge in [-0.2, -0.15) is 0 Å². The molecule has 0 nitrogen and oxygen atoms in total. The standard InChI is InChI=1S/C11H18/c1-4-6-8-10-11(3)9-7-5-2/h5,7,9H,2-4,6,8,10H2,1H3/b9-7-. The Labute approximate surface area is 70.3 Å². The van der Waals surface area contributed by atoms with Crippen molar-refractivity contribution in [3.05, 3.63) is 37.0 Å². The van der Waals surface area contributed by atoms with E-state index >= 15 is 0 Å². The summed E-state index contributed by atoms with van der Waals surface area (Å²) in [6.07, 6.45) is 10.7. The molecule has 0 unspecified atom stereocenters. The number of hydrogen-bond acceptors (Lipinski definition) is 0. The summed E-state index contributed by atoms with van der Waals surface area (Å²) < 4.78 is 0. The molecule has 0 rings (SSSR count). The first-order valence-electron chi connectivity index (χ1n) is 4.28. The van der Waals surface area contributed by atoms with E-state index in [1.165, 1.54) is 24.8 Å². The Bertz CT molecular complexity index is 140. The average molecular weight is 150 g/mol. The minimum absolute atomic E-state index is 1.12. The van der Waals surface area contributed by atoms with Crippen LogP contribution in [0.5, 0.6) is 0 Å². The lowest BCUT2D eigenvalue weighted by molar-refractivity contribution is 0.720. The fraction of sp³-hybridized carbons (Fsp3) is 0.455. The molecule has 0 aromatic rings. The van der Waals surface area contributed by atoms with E-state index in [-0.39, 0.29) is 0 Å². The topological polar surface area (TPSA) is 0 Å². The predicted molar refractivity (Wildman–Crippen MR) is 52.6 cm³/mol. The summed E-state index contributed by atoms with van der Waals surface area (Å²) in [5.41, 5.74) is 1.21. The van der Waals surface area contributed by atoms with Crippen molar-refractivity contribution >= 4 is 0 Å². The van der Waals surface area contributed by atoms with Gasteiger partial charge in [-0.15, -0.1) is 0 Å². The number of hydrogen-bond donors (Lipinski definition) is 0. The van der Waals surface area contributed by atoms with Crippen LogP contribution in [-0.4, -0.2) is 0 Å². The van der Waals surface area contributed by atoms with Crippen LogP contribution in [0.2, 0.25) is 0 Å². The lowest BCUT2D eigenvalue weighted by Gasteiger charge is -1.97. The molecule has 62 valence electrons. The first-order chi connectivity index (χ1) is 5.31. The Kier molecular flexibility index (Phi) is 6.81. The molecule has 0 saturated carbocycles. The Balaban J connectivity index is 3.37. The van der Waals surface area contributed by atoms with Gasteiger partial charge in [0.1, 0.15) is 0 Å². The highest BCUT2D eigenvalue weighted by Gasteiger charge is 1.87. The van der Waals surface area contributed by atoms with Crippen molar-refractivity contribution < 1.29 is 0 Å².